The monoisotopic (exact) mass is 439 g/mol. The van der Waals surface area contributed by atoms with Gasteiger partial charge in [0, 0.05) is 29.9 Å². The summed E-state index contributed by atoms with van der Waals surface area (Å²) in [5.74, 6) is -1.27. The Morgan fingerprint density at radius 2 is 2.06 bits per heavy atom. The summed E-state index contributed by atoms with van der Waals surface area (Å²) in [5.41, 5.74) is 1.13. The third kappa shape index (κ3) is 3.79. The number of anilines is 3. The number of rotatable bonds is 6. The maximum Gasteiger partial charge on any atom is 0.354 e. The number of pyridine rings is 2. The number of hydrogen-bond donors (Lipinski definition) is 4. The Labute approximate surface area is 181 Å². The average Bonchev–Trinajstić information content (AvgIpc) is 3.51. The largest absolute Gasteiger partial charge is 0.477 e. The van der Waals surface area contributed by atoms with Crippen molar-refractivity contribution in [3.05, 3.63) is 57.1 Å². The molecule has 3 aromatic rings. The van der Waals surface area contributed by atoms with Crippen LogP contribution in [0.15, 0.2) is 35.1 Å². The number of nitriles is 1. The number of carboxylic acids is 1. The summed E-state index contributed by atoms with van der Waals surface area (Å²) in [4.78, 5) is 27.4. The van der Waals surface area contributed by atoms with Gasteiger partial charge in [-0.05, 0) is 37.1 Å². The van der Waals surface area contributed by atoms with Gasteiger partial charge in [-0.15, -0.1) is 0 Å². The quantitative estimate of drug-likeness (QED) is 0.430. The Bertz CT molecular complexity index is 1320. The number of aromatic nitrogens is 2. The highest BCUT2D eigenvalue weighted by Gasteiger charge is 2.42. The van der Waals surface area contributed by atoms with Crippen molar-refractivity contribution in [1.29, 1.82) is 5.26 Å². The van der Waals surface area contributed by atoms with E-state index in [1.807, 2.05) is 6.07 Å². The highest BCUT2D eigenvalue weighted by Crippen LogP contribution is 2.40. The molecule has 0 aliphatic heterocycles. The van der Waals surface area contributed by atoms with Crippen molar-refractivity contribution >= 4 is 45.5 Å². The van der Waals surface area contributed by atoms with Crippen molar-refractivity contribution < 1.29 is 15.0 Å². The summed E-state index contributed by atoms with van der Waals surface area (Å²) >= 11 is 5.99. The third-order valence-electron chi connectivity index (χ3n) is 5.39. The lowest BCUT2D eigenvalue weighted by Crippen LogP contribution is -2.27. The molecule has 9 nitrogen and oxygen atoms in total. The van der Waals surface area contributed by atoms with Crippen LogP contribution in [-0.4, -0.2) is 37.9 Å². The van der Waals surface area contributed by atoms with Gasteiger partial charge < -0.3 is 25.4 Å². The number of aromatic carboxylic acids is 1. The first-order valence-electron chi connectivity index (χ1n) is 9.41. The Kier molecular flexibility index (Phi) is 5.05. The molecule has 2 aromatic heterocycles. The SMILES string of the molecule is Cn1c(=O)cc(NC2(CO)CC2)c2cc(Nc3cc(C(=O)O)nc(Cl)c3C#N)ccc21. The number of carboxylic acid groups (broad SMARTS) is 1. The minimum Gasteiger partial charge on any atom is -0.477 e. The number of benzene rings is 1. The van der Waals surface area contributed by atoms with Gasteiger partial charge in [-0.2, -0.15) is 5.26 Å². The molecule has 4 N–H and O–H groups in total. The van der Waals surface area contributed by atoms with E-state index in [0.717, 1.165) is 18.2 Å². The van der Waals surface area contributed by atoms with Crippen LogP contribution in [-0.2, 0) is 7.05 Å². The highest BCUT2D eigenvalue weighted by molar-refractivity contribution is 6.31. The molecular formula is C21H18ClN5O4. The molecule has 0 bridgehead atoms. The lowest BCUT2D eigenvalue weighted by atomic mass is 10.1. The fourth-order valence-corrected chi connectivity index (χ4v) is 3.62. The molecule has 0 unspecified atom stereocenters. The van der Waals surface area contributed by atoms with Crippen LogP contribution >= 0.6 is 11.6 Å². The second kappa shape index (κ2) is 7.58. The van der Waals surface area contributed by atoms with E-state index in [1.54, 1.807) is 25.2 Å². The van der Waals surface area contributed by atoms with Crippen LogP contribution in [0.25, 0.3) is 10.9 Å². The molecule has 0 saturated heterocycles. The van der Waals surface area contributed by atoms with Crippen molar-refractivity contribution in [2.24, 2.45) is 7.05 Å². The van der Waals surface area contributed by atoms with E-state index >= 15 is 0 Å². The lowest BCUT2D eigenvalue weighted by molar-refractivity contribution is 0.0690. The lowest BCUT2D eigenvalue weighted by Gasteiger charge is -2.19. The van der Waals surface area contributed by atoms with E-state index in [0.29, 0.717) is 16.9 Å². The molecule has 2 heterocycles. The summed E-state index contributed by atoms with van der Waals surface area (Å²) in [6.07, 6.45) is 1.61. The van der Waals surface area contributed by atoms with Crippen LogP contribution in [0.5, 0.6) is 0 Å². The Morgan fingerprint density at radius 1 is 1.32 bits per heavy atom. The molecule has 31 heavy (non-hydrogen) atoms. The first kappa shape index (κ1) is 20.7. The number of hydrogen-bond acceptors (Lipinski definition) is 7. The second-order valence-electron chi connectivity index (χ2n) is 7.51. The van der Waals surface area contributed by atoms with Crippen molar-refractivity contribution in [3.8, 4) is 6.07 Å². The van der Waals surface area contributed by atoms with E-state index in [4.69, 9.17) is 11.6 Å². The van der Waals surface area contributed by atoms with Crippen LogP contribution in [0.1, 0.15) is 28.9 Å². The molecule has 1 fully saturated rings. The first-order chi connectivity index (χ1) is 14.8. The van der Waals surface area contributed by atoms with Crippen molar-refractivity contribution in [2.45, 2.75) is 18.4 Å². The summed E-state index contributed by atoms with van der Waals surface area (Å²) in [5, 5.41) is 35.1. The minimum absolute atomic E-state index is 0.0165. The van der Waals surface area contributed by atoms with E-state index in [1.165, 1.54) is 16.7 Å². The number of nitrogens with one attached hydrogen (secondary N) is 2. The number of carbonyl (C=O) groups is 1. The van der Waals surface area contributed by atoms with E-state index < -0.39 is 11.5 Å². The zero-order valence-electron chi connectivity index (χ0n) is 16.4. The van der Waals surface area contributed by atoms with E-state index in [2.05, 4.69) is 15.6 Å². The maximum absolute atomic E-state index is 12.4. The minimum atomic E-state index is -1.27. The van der Waals surface area contributed by atoms with Crippen molar-refractivity contribution in [2.75, 3.05) is 17.2 Å². The molecule has 0 atom stereocenters. The predicted molar refractivity (Wildman–Crippen MR) is 116 cm³/mol. The van der Waals surface area contributed by atoms with Gasteiger partial charge in [-0.1, -0.05) is 11.6 Å². The Hall–Kier alpha value is -3.61. The summed E-state index contributed by atoms with van der Waals surface area (Å²) < 4.78 is 1.51. The predicted octanol–water partition coefficient (Wildman–Crippen LogP) is 2.84. The number of halogens is 1. The van der Waals surface area contributed by atoms with Gasteiger partial charge in [-0.3, -0.25) is 4.79 Å². The van der Waals surface area contributed by atoms with Gasteiger partial charge in [0.1, 0.15) is 16.8 Å². The molecule has 0 radical (unpaired) electrons. The average molecular weight is 440 g/mol. The van der Waals surface area contributed by atoms with Gasteiger partial charge in [0.25, 0.3) is 5.56 Å². The molecule has 1 aromatic carbocycles. The molecule has 4 rings (SSSR count). The molecule has 1 saturated carbocycles. The van der Waals surface area contributed by atoms with Gasteiger partial charge >= 0.3 is 5.97 Å². The number of aliphatic hydroxyl groups excluding tert-OH is 1. The van der Waals surface area contributed by atoms with Gasteiger partial charge in [0.15, 0.2) is 5.69 Å². The van der Waals surface area contributed by atoms with Crippen LogP contribution in [0.4, 0.5) is 17.1 Å². The molecular weight excluding hydrogens is 422 g/mol. The first-order valence-corrected chi connectivity index (χ1v) is 9.78. The maximum atomic E-state index is 12.4. The number of aliphatic hydroxyl groups is 1. The third-order valence-corrected chi connectivity index (χ3v) is 5.66. The van der Waals surface area contributed by atoms with Crippen LogP contribution in [0.3, 0.4) is 0 Å². The molecule has 1 aliphatic rings. The van der Waals surface area contributed by atoms with Gasteiger partial charge in [0.05, 0.1) is 23.3 Å². The van der Waals surface area contributed by atoms with E-state index in [9.17, 15) is 25.1 Å². The van der Waals surface area contributed by atoms with Crippen molar-refractivity contribution in [1.82, 2.24) is 9.55 Å². The van der Waals surface area contributed by atoms with Crippen LogP contribution < -0.4 is 16.2 Å². The number of aryl methyl sites for hydroxylation is 1. The number of fused-ring (bicyclic) bond motifs is 1. The van der Waals surface area contributed by atoms with Gasteiger partial charge in [0.2, 0.25) is 0 Å². The fourth-order valence-electron chi connectivity index (χ4n) is 3.39. The summed E-state index contributed by atoms with van der Waals surface area (Å²) in [6, 6.07) is 9.88. The Morgan fingerprint density at radius 3 is 2.68 bits per heavy atom. The molecule has 10 heteroatoms. The smallest absolute Gasteiger partial charge is 0.354 e. The zero-order valence-corrected chi connectivity index (χ0v) is 17.2. The zero-order chi connectivity index (χ0) is 22.3. The number of nitrogens with zero attached hydrogens (tertiary/aromatic N) is 3. The van der Waals surface area contributed by atoms with Crippen molar-refractivity contribution in [3.63, 3.8) is 0 Å². The topological polar surface area (TPSA) is 140 Å². The van der Waals surface area contributed by atoms with Gasteiger partial charge in [-0.25, -0.2) is 9.78 Å². The van der Waals surface area contributed by atoms with Crippen LogP contribution in [0, 0.1) is 11.3 Å². The normalized spacial score (nSPS) is 14.1. The summed E-state index contributed by atoms with van der Waals surface area (Å²) in [6.45, 7) is -0.0410. The molecule has 0 amide bonds. The van der Waals surface area contributed by atoms with E-state index in [-0.39, 0.29) is 34.3 Å². The fraction of sp³-hybridized carbons (Fsp3) is 0.238. The molecule has 0 spiro atoms. The second-order valence-corrected chi connectivity index (χ2v) is 7.87. The molecule has 1 aliphatic carbocycles. The molecule has 158 valence electrons. The summed E-state index contributed by atoms with van der Waals surface area (Å²) in [7, 11) is 1.66. The standard InChI is InChI=1S/C21H18ClN5O4/c1-27-17-3-2-11(24-14-7-16(20(30)31)25-19(22)13(14)9-23)6-12(17)15(8-18(27)29)26-21(10-28)4-5-21/h2-3,6-8,26,28H,4-5,10H2,1H3,(H,24,25)(H,30,31). The Balaban J connectivity index is 1.82. The highest BCUT2D eigenvalue weighted by atomic mass is 35.5. The van der Waals surface area contributed by atoms with Crippen LogP contribution in [0.2, 0.25) is 5.15 Å².